The van der Waals surface area contributed by atoms with Gasteiger partial charge in [0, 0.05) is 54.6 Å². The van der Waals surface area contributed by atoms with Crippen LogP contribution in [0.2, 0.25) is 0 Å². The molecule has 4 nitrogen and oxygen atoms in total. The molecule has 0 bridgehead atoms. The Morgan fingerprint density at radius 3 is 2.55 bits per heavy atom. The second-order valence-corrected chi connectivity index (χ2v) is 7.01. The number of nitrogen functional groups attached to an aromatic ring is 1. The van der Waals surface area contributed by atoms with E-state index in [1.165, 1.54) is 0 Å². The Labute approximate surface area is 165 Å². The van der Waals surface area contributed by atoms with Crippen molar-refractivity contribution in [1.82, 2.24) is 14.9 Å². The number of halogens is 4. The minimum absolute atomic E-state index is 0.124. The van der Waals surface area contributed by atoms with Crippen LogP contribution in [0.15, 0.2) is 48.7 Å². The topological polar surface area (TPSA) is 55.0 Å². The van der Waals surface area contributed by atoms with Crippen molar-refractivity contribution in [2.45, 2.75) is 25.7 Å². The number of hydrogen-bond acceptors (Lipinski definition) is 4. The van der Waals surface area contributed by atoms with E-state index in [1.54, 1.807) is 23.2 Å². The molecule has 0 radical (unpaired) electrons. The zero-order valence-corrected chi connectivity index (χ0v) is 15.4. The van der Waals surface area contributed by atoms with Crippen molar-refractivity contribution in [3.63, 3.8) is 0 Å². The second-order valence-electron chi connectivity index (χ2n) is 7.01. The summed E-state index contributed by atoms with van der Waals surface area (Å²) in [5, 5.41) is 0. The van der Waals surface area contributed by atoms with E-state index in [2.05, 4.69) is 9.97 Å². The molecule has 4 rings (SSSR count). The molecule has 1 aliphatic heterocycles. The van der Waals surface area contributed by atoms with Crippen molar-refractivity contribution >= 4 is 5.69 Å². The van der Waals surface area contributed by atoms with Crippen molar-refractivity contribution in [3.05, 3.63) is 76.9 Å². The number of fused-ring (bicyclic) bond motifs is 1. The van der Waals surface area contributed by atoms with Gasteiger partial charge in [0.2, 0.25) is 0 Å². The van der Waals surface area contributed by atoms with Crippen LogP contribution >= 0.6 is 0 Å². The highest BCUT2D eigenvalue weighted by Gasteiger charge is 2.35. The molecule has 2 aromatic carbocycles. The smallest absolute Gasteiger partial charge is 0.399 e. The van der Waals surface area contributed by atoms with E-state index in [1.807, 2.05) is 12.1 Å². The SMILES string of the molecule is Nc1ccc(-c2ncc3c(n2)CCN(Cc2c(F)cccc2C(F)(F)F)C3)cc1. The molecule has 29 heavy (non-hydrogen) atoms. The zero-order valence-electron chi connectivity index (χ0n) is 15.4. The van der Waals surface area contributed by atoms with Gasteiger partial charge < -0.3 is 5.73 Å². The molecule has 0 saturated carbocycles. The predicted octanol–water partition coefficient (Wildman–Crippen LogP) is 4.44. The summed E-state index contributed by atoms with van der Waals surface area (Å²) in [7, 11) is 0. The van der Waals surface area contributed by atoms with Crippen LogP contribution in [0.1, 0.15) is 22.4 Å². The lowest BCUT2D eigenvalue weighted by molar-refractivity contribution is -0.138. The number of aromatic nitrogens is 2. The molecule has 0 unspecified atom stereocenters. The number of hydrogen-bond donors (Lipinski definition) is 1. The first-order valence-electron chi connectivity index (χ1n) is 9.09. The summed E-state index contributed by atoms with van der Waals surface area (Å²) in [6.45, 7) is 0.723. The summed E-state index contributed by atoms with van der Waals surface area (Å²) in [5.41, 5.74) is 7.61. The van der Waals surface area contributed by atoms with Crippen LogP contribution in [0.3, 0.4) is 0 Å². The van der Waals surface area contributed by atoms with Crippen molar-refractivity contribution in [1.29, 1.82) is 0 Å². The Balaban J connectivity index is 1.55. The van der Waals surface area contributed by atoms with Crippen LogP contribution in [0.4, 0.5) is 23.2 Å². The summed E-state index contributed by atoms with van der Waals surface area (Å²) in [4.78, 5) is 10.8. The normalized spacial score (nSPS) is 14.6. The van der Waals surface area contributed by atoms with E-state index in [0.717, 1.165) is 35.0 Å². The van der Waals surface area contributed by atoms with E-state index in [-0.39, 0.29) is 12.1 Å². The summed E-state index contributed by atoms with van der Waals surface area (Å²) in [6.07, 6.45) is -2.36. The Morgan fingerprint density at radius 1 is 1.07 bits per heavy atom. The fourth-order valence-corrected chi connectivity index (χ4v) is 3.49. The molecular formula is C21H18F4N4. The lowest BCUT2D eigenvalue weighted by atomic mass is 10.0. The Morgan fingerprint density at radius 2 is 1.83 bits per heavy atom. The van der Waals surface area contributed by atoms with Crippen LogP contribution < -0.4 is 5.73 Å². The highest BCUT2D eigenvalue weighted by Crippen LogP contribution is 2.34. The molecule has 150 valence electrons. The van der Waals surface area contributed by atoms with E-state index in [0.29, 0.717) is 31.0 Å². The van der Waals surface area contributed by atoms with Gasteiger partial charge in [0.25, 0.3) is 0 Å². The van der Waals surface area contributed by atoms with Gasteiger partial charge in [-0.3, -0.25) is 4.90 Å². The highest BCUT2D eigenvalue weighted by atomic mass is 19.4. The summed E-state index contributed by atoms with van der Waals surface area (Å²) in [6, 6.07) is 10.3. The Bertz CT molecular complexity index is 1030. The van der Waals surface area contributed by atoms with Crippen LogP contribution in [0.25, 0.3) is 11.4 Å². The van der Waals surface area contributed by atoms with Gasteiger partial charge in [0.1, 0.15) is 5.82 Å². The third kappa shape index (κ3) is 4.07. The van der Waals surface area contributed by atoms with Gasteiger partial charge in [-0.1, -0.05) is 6.07 Å². The molecule has 0 fully saturated rings. The standard InChI is InChI=1S/C21H18F4N4/c22-18-3-1-2-17(21(23,24)25)16(18)12-29-9-8-19-14(11-29)10-27-20(28-19)13-4-6-15(26)7-5-13/h1-7,10H,8-9,11-12,26H2. The zero-order chi connectivity index (χ0) is 20.6. The van der Waals surface area contributed by atoms with Gasteiger partial charge in [-0.25, -0.2) is 14.4 Å². The quantitative estimate of drug-likeness (QED) is 0.520. The first-order valence-corrected chi connectivity index (χ1v) is 9.09. The van der Waals surface area contributed by atoms with Gasteiger partial charge >= 0.3 is 6.18 Å². The number of rotatable bonds is 3. The van der Waals surface area contributed by atoms with Crippen molar-refractivity contribution < 1.29 is 17.6 Å². The molecule has 0 saturated heterocycles. The average molecular weight is 402 g/mol. The summed E-state index contributed by atoms with van der Waals surface area (Å²) >= 11 is 0. The van der Waals surface area contributed by atoms with Crippen LogP contribution in [0, 0.1) is 5.82 Å². The second kappa shape index (κ2) is 7.44. The maximum atomic E-state index is 14.1. The van der Waals surface area contributed by atoms with E-state index in [9.17, 15) is 17.6 Å². The monoisotopic (exact) mass is 402 g/mol. The van der Waals surface area contributed by atoms with Gasteiger partial charge in [0.05, 0.1) is 11.3 Å². The molecule has 0 aliphatic carbocycles. The first kappa shape index (κ1) is 19.3. The number of anilines is 1. The largest absolute Gasteiger partial charge is 0.416 e. The molecule has 2 N–H and O–H groups in total. The number of nitrogens with two attached hydrogens (primary N) is 1. The van der Waals surface area contributed by atoms with Gasteiger partial charge in [-0.15, -0.1) is 0 Å². The third-order valence-electron chi connectivity index (χ3n) is 4.99. The Kier molecular flexibility index (Phi) is 4.96. The molecule has 2 heterocycles. The molecule has 3 aromatic rings. The lowest BCUT2D eigenvalue weighted by Crippen LogP contribution is -2.32. The Hall–Kier alpha value is -3.00. The number of nitrogens with zero attached hydrogens (tertiary/aromatic N) is 3. The van der Waals surface area contributed by atoms with Crippen molar-refractivity contribution in [2.24, 2.45) is 0 Å². The molecule has 0 atom stereocenters. The summed E-state index contributed by atoms with van der Waals surface area (Å²) < 4.78 is 53.9. The molecule has 1 aliphatic rings. The van der Waals surface area contributed by atoms with Crippen molar-refractivity contribution in [3.8, 4) is 11.4 Å². The van der Waals surface area contributed by atoms with Gasteiger partial charge in [-0.05, 0) is 36.4 Å². The summed E-state index contributed by atoms with van der Waals surface area (Å²) in [5.74, 6) is -0.272. The minimum Gasteiger partial charge on any atom is -0.399 e. The van der Waals surface area contributed by atoms with E-state index in [4.69, 9.17) is 5.73 Å². The van der Waals surface area contributed by atoms with Crippen LogP contribution in [0.5, 0.6) is 0 Å². The molecule has 0 amide bonds. The molecule has 1 aromatic heterocycles. The molecule has 0 spiro atoms. The molecule has 8 heteroatoms. The fourth-order valence-electron chi connectivity index (χ4n) is 3.49. The number of benzene rings is 2. The third-order valence-corrected chi connectivity index (χ3v) is 4.99. The minimum atomic E-state index is -4.60. The van der Waals surface area contributed by atoms with E-state index >= 15 is 0 Å². The lowest BCUT2D eigenvalue weighted by Gasteiger charge is -2.29. The van der Waals surface area contributed by atoms with Crippen LogP contribution in [-0.4, -0.2) is 21.4 Å². The van der Waals surface area contributed by atoms with E-state index < -0.39 is 17.6 Å². The van der Waals surface area contributed by atoms with Gasteiger partial charge in [-0.2, -0.15) is 13.2 Å². The maximum absolute atomic E-state index is 14.1. The highest BCUT2D eigenvalue weighted by molar-refractivity contribution is 5.58. The first-order chi connectivity index (χ1) is 13.8. The average Bonchev–Trinajstić information content (AvgIpc) is 2.69. The van der Waals surface area contributed by atoms with Crippen molar-refractivity contribution in [2.75, 3.05) is 12.3 Å². The van der Waals surface area contributed by atoms with Crippen LogP contribution in [-0.2, 0) is 25.7 Å². The van der Waals surface area contributed by atoms with Gasteiger partial charge in [0.15, 0.2) is 5.82 Å². The molecular weight excluding hydrogens is 384 g/mol. The fraction of sp³-hybridized carbons (Fsp3) is 0.238. The predicted molar refractivity (Wildman–Crippen MR) is 101 cm³/mol. The number of alkyl halides is 3. The maximum Gasteiger partial charge on any atom is 0.416 e.